The second-order valence-electron chi connectivity index (χ2n) is 10.7. The van der Waals surface area contributed by atoms with Crippen molar-refractivity contribution in [2.75, 3.05) is 44.2 Å². The summed E-state index contributed by atoms with van der Waals surface area (Å²) in [4.78, 5) is 25.3. The number of benzene rings is 1. The molecule has 0 radical (unpaired) electrons. The fourth-order valence-corrected chi connectivity index (χ4v) is 5.44. The van der Waals surface area contributed by atoms with Crippen LogP contribution in [0.25, 0.3) is 22.0 Å². The summed E-state index contributed by atoms with van der Waals surface area (Å²) >= 11 is 0. The van der Waals surface area contributed by atoms with Gasteiger partial charge in [0.1, 0.15) is 5.82 Å². The summed E-state index contributed by atoms with van der Waals surface area (Å²) in [6.45, 7) is 15.7. The fourth-order valence-electron chi connectivity index (χ4n) is 5.44. The molecular weight excluding hydrogens is 460 g/mol. The number of nitrogens with one attached hydrogen (secondary N) is 2. The highest BCUT2D eigenvalue weighted by atomic mass is 16.1. The van der Waals surface area contributed by atoms with E-state index in [1.807, 2.05) is 12.3 Å². The first kappa shape index (κ1) is 25.2. The van der Waals surface area contributed by atoms with Crippen molar-refractivity contribution in [1.29, 1.82) is 0 Å². The first-order valence-electron chi connectivity index (χ1n) is 13.3. The van der Waals surface area contributed by atoms with Crippen LogP contribution in [0.5, 0.6) is 0 Å². The maximum absolute atomic E-state index is 13.7. The van der Waals surface area contributed by atoms with Crippen molar-refractivity contribution >= 4 is 28.3 Å². The Kier molecular flexibility index (Phi) is 7.15. The highest BCUT2D eigenvalue weighted by Gasteiger charge is 2.20. The molecule has 1 saturated heterocycles. The molecule has 2 aliphatic rings. The molecule has 0 aliphatic carbocycles. The number of anilines is 1. The van der Waals surface area contributed by atoms with E-state index in [9.17, 15) is 4.79 Å². The summed E-state index contributed by atoms with van der Waals surface area (Å²) in [5.74, 6) is 0.940. The van der Waals surface area contributed by atoms with E-state index in [2.05, 4.69) is 89.1 Å². The van der Waals surface area contributed by atoms with Gasteiger partial charge in [0.25, 0.3) is 5.91 Å². The smallest absolute Gasteiger partial charge is 0.252 e. The van der Waals surface area contributed by atoms with Crippen molar-refractivity contribution < 1.29 is 4.79 Å². The predicted molar refractivity (Wildman–Crippen MR) is 153 cm³/mol. The number of aromatic nitrogens is 2. The van der Waals surface area contributed by atoms with Crippen molar-refractivity contribution in [3.05, 3.63) is 58.9 Å². The van der Waals surface area contributed by atoms with Crippen LogP contribution < -0.4 is 15.5 Å². The molecule has 0 spiro atoms. The van der Waals surface area contributed by atoms with Crippen molar-refractivity contribution in [1.82, 2.24) is 20.2 Å². The highest BCUT2D eigenvalue weighted by Crippen LogP contribution is 2.34. The molecule has 194 valence electrons. The Hall–Kier alpha value is -3.45. The maximum Gasteiger partial charge on any atom is 0.252 e. The SMILES string of the molecule is CC1=NCC(CNC(=O)c2cc(-c3ccnc(N4CCNCC4)c3)cc3c2c(C)cn3C(C)C)=C(C)C1. The molecule has 0 bridgehead atoms. The normalized spacial score (nSPS) is 16.5. The Bertz CT molecular complexity index is 1390. The van der Waals surface area contributed by atoms with Crippen LogP contribution in [0.2, 0.25) is 0 Å². The molecule has 1 amide bonds. The number of aliphatic imine (C=N–C) groups is 1. The van der Waals surface area contributed by atoms with Gasteiger partial charge >= 0.3 is 0 Å². The van der Waals surface area contributed by atoms with E-state index in [0.717, 1.165) is 77.3 Å². The third kappa shape index (κ3) is 5.18. The maximum atomic E-state index is 13.7. The summed E-state index contributed by atoms with van der Waals surface area (Å²) in [5.41, 5.74) is 8.70. The monoisotopic (exact) mass is 498 g/mol. The van der Waals surface area contributed by atoms with E-state index < -0.39 is 0 Å². The largest absolute Gasteiger partial charge is 0.354 e. The van der Waals surface area contributed by atoms with Gasteiger partial charge < -0.3 is 20.1 Å². The number of aryl methyl sites for hydroxylation is 1. The summed E-state index contributed by atoms with van der Waals surface area (Å²) in [7, 11) is 0. The van der Waals surface area contributed by atoms with Crippen molar-refractivity contribution in [2.24, 2.45) is 4.99 Å². The van der Waals surface area contributed by atoms with Gasteiger partial charge in [-0.3, -0.25) is 9.79 Å². The Morgan fingerprint density at radius 3 is 2.62 bits per heavy atom. The van der Waals surface area contributed by atoms with Gasteiger partial charge in [-0.2, -0.15) is 0 Å². The molecule has 0 saturated carbocycles. The van der Waals surface area contributed by atoms with Crippen LogP contribution in [-0.2, 0) is 0 Å². The van der Waals surface area contributed by atoms with Crippen LogP contribution in [0.15, 0.2) is 52.8 Å². The number of carbonyl (C=O) groups excluding carboxylic acids is 1. The number of piperazine rings is 1. The van der Waals surface area contributed by atoms with Crippen LogP contribution in [0.1, 0.15) is 56.1 Å². The molecule has 1 aromatic carbocycles. The van der Waals surface area contributed by atoms with Crippen LogP contribution in [-0.4, -0.2) is 60.4 Å². The molecule has 0 atom stereocenters. The van der Waals surface area contributed by atoms with Crippen LogP contribution in [0.3, 0.4) is 0 Å². The third-order valence-corrected chi connectivity index (χ3v) is 7.57. The zero-order chi connectivity index (χ0) is 26.1. The number of pyridine rings is 1. The molecule has 2 aliphatic heterocycles. The van der Waals surface area contributed by atoms with Gasteiger partial charge in [-0.25, -0.2) is 4.98 Å². The summed E-state index contributed by atoms with van der Waals surface area (Å²) in [6.07, 6.45) is 4.93. The lowest BCUT2D eigenvalue weighted by molar-refractivity contribution is 0.0958. The Morgan fingerprint density at radius 1 is 1.11 bits per heavy atom. The molecule has 37 heavy (non-hydrogen) atoms. The standard InChI is InChI=1S/C30H38N6O/c1-19(2)36-18-21(4)29-26(30(37)34-17-25-16-33-22(5)12-20(25)3)13-24(14-27(29)36)23-6-7-32-28(15-23)35-10-8-31-9-11-35/h6-7,13-15,18-19,31H,8-12,16-17H2,1-5H3,(H,34,37). The molecule has 2 N–H and O–H groups in total. The molecule has 1 fully saturated rings. The number of hydrogen-bond acceptors (Lipinski definition) is 5. The number of allylic oxidation sites excluding steroid dienone is 1. The molecular formula is C30H38N6O. The molecule has 5 rings (SSSR count). The van der Waals surface area contributed by atoms with Crippen molar-refractivity contribution in [2.45, 2.75) is 47.1 Å². The Morgan fingerprint density at radius 2 is 1.89 bits per heavy atom. The summed E-state index contributed by atoms with van der Waals surface area (Å²) < 4.78 is 2.27. The number of nitrogens with zero attached hydrogens (tertiary/aromatic N) is 4. The van der Waals surface area contributed by atoms with E-state index >= 15 is 0 Å². The molecule has 0 unspecified atom stereocenters. The lowest BCUT2D eigenvalue weighted by Gasteiger charge is -2.28. The van der Waals surface area contributed by atoms with Crippen molar-refractivity contribution in [3.8, 4) is 11.1 Å². The zero-order valence-corrected chi connectivity index (χ0v) is 22.7. The number of carbonyl (C=O) groups is 1. The second-order valence-corrected chi connectivity index (χ2v) is 10.7. The van der Waals surface area contributed by atoms with Gasteiger partial charge in [-0.1, -0.05) is 5.57 Å². The third-order valence-electron chi connectivity index (χ3n) is 7.57. The van der Waals surface area contributed by atoms with Gasteiger partial charge in [-0.15, -0.1) is 0 Å². The zero-order valence-electron chi connectivity index (χ0n) is 22.7. The molecule has 7 nitrogen and oxygen atoms in total. The summed E-state index contributed by atoms with van der Waals surface area (Å²) in [5, 5.41) is 7.64. The van der Waals surface area contributed by atoms with E-state index in [4.69, 9.17) is 0 Å². The topological polar surface area (TPSA) is 74.6 Å². The lowest BCUT2D eigenvalue weighted by atomic mass is 9.98. The minimum atomic E-state index is -0.0422. The number of dihydropyridines is 1. The second kappa shape index (κ2) is 10.5. The number of hydrogen-bond donors (Lipinski definition) is 2. The number of amides is 1. The first-order valence-corrected chi connectivity index (χ1v) is 13.3. The van der Waals surface area contributed by atoms with Gasteiger partial charge in [0, 0.05) is 79.8 Å². The molecule has 4 heterocycles. The van der Waals surface area contributed by atoms with E-state index in [1.165, 1.54) is 11.1 Å². The van der Waals surface area contributed by atoms with E-state index in [1.54, 1.807) is 0 Å². The van der Waals surface area contributed by atoms with Gasteiger partial charge in [-0.05, 0) is 81.1 Å². The Balaban J connectivity index is 1.53. The van der Waals surface area contributed by atoms with Gasteiger partial charge in [0.15, 0.2) is 0 Å². The number of rotatable bonds is 6. The molecule has 3 aromatic rings. The number of fused-ring (bicyclic) bond motifs is 1. The predicted octanol–water partition coefficient (Wildman–Crippen LogP) is 4.91. The summed E-state index contributed by atoms with van der Waals surface area (Å²) in [6, 6.07) is 8.76. The van der Waals surface area contributed by atoms with Gasteiger partial charge in [0.2, 0.25) is 0 Å². The van der Waals surface area contributed by atoms with Crippen LogP contribution >= 0.6 is 0 Å². The average Bonchev–Trinajstić information content (AvgIpc) is 3.25. The van der Waals surface area contributed by atoms with Gasteiger partial charge in [0.05, 0.1) is 6.54 Å². The molecule has 2 aromatic heterocycles. The van der Waals surface area contributed by atoms with E-state index in [-0.39, 0.29) is 11.9 Å². The fraction of sp³-hybridized carbons (Fsp3) is 0.433. The van der Waals surface area contributed by atoms with Crippen LogP contribution in [0, 0.1) is 6.92 Å². The highest BCUT2D eigenvalue weighted by molar-refractivity contribution is 6.09. The Labute approximate surface area is 219 Å². The van der Waals surface area contributed by atoms with E-state index in [0.29, 0.717) is 13.1 Å². The minimum absolute atomic E-state index is 0.0422. The van der Waals surface area contributed by atoms with Crippen LogP contribution in [0.4, 0.5) is 5.82 Å². The first-order chi connectivity index (χ1) is 17.8. The quantitative estimate of drug-likeness (QED) is 0.474. The minimum Gasteiger partial charge on any atom is -0.354 e. The average molecular weight is 499 g/mol. The lowest BCUT2D eigenvalue weighted by Crippen LogP contribution is -2.43. The molecule has 7 heteroatoms. The van der Waals surface area contributed by atoms with Crippen molar-refractivity contribution in [3.63, 3.8) is 0 Å².